The van der Waals surface area contributed by atoms with Crippen molar-refractivity contribution in [3.63, 3.8) is 0 Å². The van der Waals surface area contributed by atoms with Crippen LogP contribution in [0.5, 0.6) is 0 Å². The van der Waals surface area contributed by atoms with Crippen molar-refractivity contribution in [2.45, 2.75) is 24.5 Å². The van der Waals surface area contributed by atoms with Gasteiger partial charge in [0.25, 0.3) is 0 Å². The van der Waals surface area contributed by atoms with Gasteiger partial charge in [-0.3, -0.25) is 24.6 Å². The highest BCUT2D eigenvalue weighted by molar-refractivity contribution is 6.09. The molecule has 0 aromatic heterocycles. The first kappa shape index (κ1) is 22.7. The Balaban J connectivity index is 1.55. The maximum absolute atomic E-state index is 13.7. The Morgan fingerprint density at radius 2 is 1.43 bits per heavy atom. The Morgan fingerprint density at radius 1 is 0.857 bits per heavy atom. The summed E-state index contributed by atoms with van der Waals surface area (Å²) in [5.41, 5.74) is 0.938. The Bertz CT molecular complexity index is 1260. The molecule has 3 aromatic carbocycles. The van der Waals surface area contributed by atoms with Gasteiger partial charge in [0, 0.05) is 12.5 Å². The molecule has 2 aliphatic heterocycles. The van der Waals surface area contributed by atoms with Gasteiger partial charge in [0.2, 0.25) is 11.8 Å². The second kappa shape index (κ2) is 9.31. The van der Waals surface area contributed by atoms with E-state index in [0.717, 1.165) is 16.7 Å². The lowest BCUT2D eigenvalue weighted by Gasteiger charge is -2.31. The third-order valence-corrected chi connectivity index (χ3v) is 6.97. The molecular weight excluding hydrogens is 440 g/mol. The number of hydrogen-bond donors (Lipinski definition) is 2. The molecule has 0 aliphatic carbocycles. The molecule has 5 rings (SSSR count). The van der Waals surface area contributed by atoms with Crippen molar-refractivity contribution >= 4 is 23.9 Å². The zero-order valence-electron chi connectivity index (χ0n) is 19.1. The van der Waals surface area contributed by atoms with Crippen LogP contribution >= 0.6 is 0 Å². The Hall–Kier alpha value is -4.03. The molecular formula is C29H26N2O4. The smallest absolute Gasteiger partial charge is 0.325 e. The minimum absolute atomic E-state index is 0.0955. The molecule has 2 N–H and O–H groups in total. The van der Waals surface area contributed by atoms with Gasteiger partial charge in [-0.25, -0.2) is 0 Å². The van der Waals surface area contributed by atoms with Crippen LogP contribution in [0.2, 0.25) is 0 Å². The van der Waals surface area contributed by atoms with Crippen molar-refractivity contribution in [1.29, 1.82) is 0 Å². The summed E-state index contributed by atoms with van der Waals surface area (Å²) < 4.78 is 0. The second-order valence-corrected chi connectivity index (χ2v) is 9.13. The number of amides is 2. The van der Waals surface area contributed by atoms with Crippen molar-refractivity contribution in [1.82, 2.24) is 10.2 Å². The number of imide groups is 1. The fourth-order valence-corrected chi connectivity index (χ4v) is 5.33. The molecule has 2 amide bonds. The highest BCUT2D eigenvalue weighted by atomic mass is 16.4. The van der Waals surface area contributed by atoms with Crippen LogP contribution in [0.4, 0.5) is 0 Å². The summed E-state index contributed by atoms with van der Waals surface area (Å²) in [5, 5.41) is 13.7. The van der Waals surface area contributed by atoms with Crippen molar-refractivity contribution in [2.24, 2.45) is 11.8 Å². The standard InChI is InChI=1S/C29H26N2O4/c32-26-24-23(17-16-20-10-4-1-5-11-20)30-29(28(34)35,18-21-12-6-2-7-13-21)25(24)27(33)31(26)19-22-14-8-3-9-15-22/h1-17,23-25,30H,18-19H2,(H,34,35). The normalized spacial score (nSPS) is 25.8. The number of carbonyl (C=O) groups is 3. The van der Waals surface area contributed by atoms with Gasteiger partial charge in [0.15, 0.2) is 0 Å². The Kier molecular flexibility index (Phi) is 6.05. The molecule has 4 unspecified atom stereocenters. The number of nitrogens with zero attached hydrogens (tertiary/aromatic N) is 1. The second-order valence-electron chi connectivity index (χ2n) is 9.13. The molecule has 4 atom stereocenters. The largest absolute Gasteiger partial charge is 0.480 e. The Labute approximate surface area is 203 Å². The van der Waals surface area contributed by atoms with Gasteiger partial charge in [0.1, 0.15) is 5.54 Å². The van der Waals surface area contributed by atoms with Crippen LogP contribution < -0.4 is 5.32 Å². The summed E-state index contributed by atoms with van der Waals surface area (Å²) in [4.78, 5) is 41.4. The first-order valence-electron chi connectivity index (χ1n) is 11.7. The number of fused-ring (bicyclic) bond motifs is 1. The van der Waals surface area contributed by atoms with Gasteiger partial charge in [-0.15, -0.1) is 0 Å². The summed E-state index contributed by atoms with van der Waals surface area (Å²) in [6.45, 7) is 0.127. The molecule has 2 saturated heterocycles. The minimum Gasteiger partial charge on any atom is -0.480 e. The summed E-state index contributed by atoms with van der Waals surface area (Å²) >= 11 is 0. The molecule has 3 aromatic rings. The van der Waals surface area contributed by atoms with Crippen LogP contribution in [0.25, 0.3) is 6.08 Å². The van der Waals surface area contributed by atoms with Gasteiger partial charge in [0.05, 0.1) is 18.4 Å². The number of hydrogen-bond acceptors (Lipinski definition) is 4. The lowest BCUT2D eigenvalue weighted by Crippen LogP contribution is -2.58. The van der Waals surface area contributed by atoms with E-state index in [2.05, 4.69) is 5.32 Å². The van der Waals surface area contributed by atoms with E-state index in [1.165, 1.54) is 4.90 Å². The number of rotatable bonds is 7. The minimum atomic E-state index is -1.60. The average Bonchev–Trinajstić information content (AvgIpc) is 3.34. The number of carboxylic acids is 1. The zero-order chi connectivity index (χ0) is 24.4. The molecule has 2 fully saturated rings. The van der Waals surface area contributed by atoms with Crippen molar-refractivity contribution < 1.29 is 19.5 Å². The van der Waals surface area contributed by atoms with Crippen LogP contribution in [-0.4, -0.2) is 39.4 Å². The van der Waals surface area contributed by atoms with E-state index in [0.29, 0.717) is 0 Å². The molecule has 35 heavy (non-hydrogen) atoms. The molecule has 176 valence electrons. The van der Waals surface area contributed by atoms with E-state index in [4.69, 9.17) is 0 Å². The number of likely N-dealkylation sites (tertiary alicyclic amines) is 1. The molecule has 0 bridgehead atoms. The van der Waals surface area contributed by atoms with Crippen LogP contribution in [0.3, 0.4) is 0 Å². The molecule has 6 heteroatoms. The highest BCUT2D eigenvalue weighted by Crippen LogP contribution is 2.45. The number of benzene rings is 3. The first-order valence-corrected chi connectivity index (χ1v) is 11.7. The highest BCUT2D eigenvalue weighted by Gasteiger charge is 2.67. The number of carbonyl (C=O) groups excluding carboxylic acids is 2. The van der Waals surface area contributed by atoms with Gasteiger partial charge < -0.3 is 5.11 Å². The molecule has 6 nitrogen and oxygen atoms in total. The van der Waals surface area contributed by atoms with Gasteiger partial charge in [-0.2, -0.15) is 0 Å². The number of aliphatic carboxylic acids is 1. The summed E-state index contributed by atoms with van der Waals surface area (Å²) in [6.07, 6.45) is 3.78. The topological polar surface area (TPSA) is 86.7 Å². The van der Waals surface area contributed by atoms with Crippen LogP contribution in [0.15, 0.2) is 97.1 Å². The molecule has 0 radical (unpaired) electrons. The van der Waals surface area contributed by atoms with E-state index in [9.17, 15) is 19.5 Å². The van der Waals surface area contributed by atoms with Crippen LogP contribution in [0, 0.1) is 11.8 Å². The van der Waals surface area contributed by atoms with Gasteiger partial charge in [-0.1, -0.05) is 103 Å². The van der Waals surface area contributed by atoms with E-state index in [1.54, 1.807) is 0 Å². The average molecular weight is 467 g/mol. The maximum atomic E-state index is 13.7. The molecule has 2 aliphatic rings. The van der Waals surface area contributed by atoms with E-state index < -0.39 is 35.3 Å². The summed E-state index contributed by atoms with van der Waals surface area (Å²) in [5.74, 6) is -3.72. The van der Waals surface area contributed by atoms with Gasteiger partial charge in [-0.05, 0) is 16.7 Å². The zero-order valence-corrected chi connectivity index (χ0v) is 19.1. The van der Waals surface area contributed by atoms with Crippen molar-refractivity contribution in [2.75, 3.05) is 0 Å². The van der Waals surface area contributed by atoms with Crippen LogP contribution in [-0.2, 0) is 27.3 Å². The quantitative estimate of drug-likeness (QED) is 0.520. The SMILES string of the molecule is O=C1C2C(C=Cc3ccccc3)NC(Cc3ccccc3)(C(=O)O)C2C(=O)N1Cc1ccccc1. The lowest BCUT2D eigenvalue weighted by atomic mass is 9.76. The monoisotopic (exact) mass is 466 g/mol. The van der Waals surface area contributed by atoms with Crippen LogP contribution in [0.1, 0.15) is 16.7 Å². The third kappa shape index (κ3) is 4.17. The molecule has 2 heterocycles. The van der Waals surface area contributed by atoms with E-state index in [-0.39, 0.29) is 18.9 Å². The molecule has 0 spiro atoms. The van der Waals surface area contributed by atoms with E-state index >= 15 is 0 Å². The predicted octanol–water partition coefficient (Wildman–Crippen LogP) is 3.54. The van der Waals surface area contributed by atoms with Crippen molar-refractivity contribution in [3.8, 4) is 0 Å². The lowest BCUT2D eigenvalue weighted by molar-refractivity contribution is -0.151. The number of nitrogens with one attached hydrogen (secondary N) is 1. The predicted molar refractivity (Wildman–Crippen MR) is 132 cm³/mol. The summed E-state index contributed by atoms with van der Waals surface area (Å²) in [7, 11) is 0. The third-order valence-electron chi connectivity index (χ3n) is 6.97. The number of carboxylic acid groups (broad SMARTS) is 1. The fourth-order valence-electron chi connectivity index (χ4n) is 5.33. The molecule has 0 saturated carbocycles. The Morgan fingerprint density at radius 3 is 2.03 bits per heavy atom. The van der Waals surface area contributed by atoms with E-state index in [1.807, 2.05) is 103 Å². The van der Waals surface area contributed by atoms with Gasteiger partial charge >= 0.3 is 5.97 Å². The van der Waals surface area contributed by atoms with Crippen molar-refractivity contribution in [3.05, 3.63) is 114 Å². The maximum Gasteiger partial charge on any atom is 0.325 e. The first-order chi connectivity index (χ1) is 17.0. The summed E-state index contributed by atoms with van der Waals surface area (Å²) in [6, 6.07) is 27.5. The fraction of sp³-hybridized carbons (Fsp3) is 0.207.